The Morgan fingerprint density at radius 2 is 1.49 bits per heavy atom. The molecular weight excluding hydrogens is 560 g/mol. The van der Waals surface area contributed by atoms with Crippen LogP contribution in [0.25, 0.3) is 0 Å². The number of carbonyl (C=O) groups is 2. The van der Waals surface area contributed by atoms with Gasteiger partial charge in [-0.05, 0) is 21.0 Å². The third-order valence-corrected chi connectivity index (χ3v) is 14.3. The third kappa shape index (κ3) is 4.79. The molecule has 8 nitrogen and oxygen atoms in total. The van der Waals surface area contributed by atoms with Crippen LogP contribution in [0.5, 0.6) is 0 Å². The van der Waals surface area contributed by atoms with Crippen LogP contribution in [0.4, 0.5) is 0 Å². The molecule has 1 amide bonds. The smallest absolute Gasteiger partial charge is 0.261 e. The van der Waals surface area contributed by atoms with E-state index >= 15 is 0 Å². The van der Waals surface area contributed by atoms with E-state index in [9.17, 15) is 9.59 Å². The van der Waals surface area contributed by atoms with Crippen molar-refractivity contribution in [2.75, 3.05) is 13.2 Å². The molecule has 0 aromatic heterocycles. The molecule has 4 aliphatic heterocycles. The van der Waals surface area contributed by atoms with Gasteiger partial charge in [0.25, 0.3) is 8.32 Å². The Kier molecular flexibility index (Phi) is 7.36. The van der Waals surface area contributed by atoms with E-state index in [-0.39, 0.29) is 42.0 Å². The Morgan fingerprint density at radius 3 is 2.09 bits per heavy atom. The van der Waals surface area contributed by atoms with Crippen molar-refractivity contribution in [3.63, 3.8) is 0 Å². The molecule has 7 rings (SSSR count). The molecule has 7 atom stereocenters. The Bertz CT molecular complexity index is 1420. The van der Waals surface area contributed by atoms with Gasteiger partial charge in [0.05, 0.1) is 19.8 Å². The molecule has 43 heavy (non-hydrogen) atoms. The summed E-state index contributed by atoms with van der Waals surface area (Å²) in [6.07, 6.45) is -2.11. The van der Waals surface area contributed by atoms with Crippen LogP contribution >= 0.6 is 0 Å². The van der Waals surface area contributed by atoms with Gasteiger partial charge in [-0.3, -0.25) is 19.3 Å². The van der Waals surface area contributed by atoms with Crippen LogP contribution in [0.2, 0.25) is 5.04 Å². The summed E-state index contributed by atoms with van der Waals surface area (Å²) in [6.45, 7) is 7.55. The van der Waals surface area contributed by atoms with Crippen molar-refractivity contribution in [1.82, 2.24) is 9.96 Å². The van der Waals surface area contributed by atoms with E-state index in [2.05, 4.69) is 69.3 Å². The minimum absolute atomic E-state index is 0.0411. The molecule has 3 aromatic carbocycles. The molecule has 0 N–H and O–H groups in total. The van der Waals surface area contributed by atoms with Crippen LogP contribution in [0.3, 0.4) is 0 Å². The largest absolute Gasteiger partial charge is 0.399 e. The maximum atomic E-state index is 13.9. The Morgan fingerprint density at radius 1 is 0.884 bits per heavy atom. The Labute approximate surface area is 253 Å². The quantitative estimate of drug-likeness (QED) is 0.291. The van der Waals surface area contributed by atoms with Crippen LogP contribution in [0, 0.1) is 5.92 Å². The zero-order valence-electron chi connectivity index (χ0n) is 24.8. The van der Waals surface area contributed by atoms with E-state index in [1.807, 2.05) is 42.5 Å². The lowest BCUT2D eigenvalue weighted by molar-refractivity contribution is -0.324. The van der Waals surface area contributed by atoms with Gasteiger partial charge in [0.1, 0.15) is 24.3 Å². The summed E-state index contributed by atoms with van der Waals surface area (Å²) >= 11 is 0. The predicted octanol–water partition coefficient (Wildman–Crippen LogP) is 3.25. The average molecular weight is 599 g/mol. The lowest BCUT2D eigenvalue weighted by Crippen LogP contribution is -2.74. The fourth-order valence-corrected chi connectivity index (χ4v) is 12.0. The van der Waals surface area contributed by atoms with E-state index < -0.39 is 32.7 Å². The lowest BCUT2D eigenvalue weighted by Gasteiger charge is -2.53. The second-order valence-electron chi connectivity index (χ2n) is 12.9. The van der Waals surface area contributed by atoms with Crippen molar-refractivity contribution < 1.29 is 28.3 Å². The Hall–Kier alpha value is -3.18. The molecule has 0 aliphatic carbocycles. The molecule has 9 heteroatoms. The number of fused-ring (bicyclic) bond motifs is 5. The third-order valence-electron chi connectivity index (χ3n) is 9.28. The number of nitrogens with zero attached hydrogens (tertiary/aromatic N) is 2. The van der Waals surface area contributed by atoms with Crippen LogP contribution in [-0.4, -0.2) is 73.8 Å². The first-order valence-electron chi connectivity index (χ1n) is 15.1. The number of hydroxylamine groups is 2. The van der Waals surface area contributed by atoms with Gasteiger partial charge in [-0.1, -0.05) is 112 Å². The van der Waals surface area contributed by atoms with Gasteiger partial charge in [0.15, 0.2) is 18.1 Å². The number of ketones is 1. The van der Waals surface area contributed by atoms with E-state index in [0.717, 1.165) is 5.56 Å². The zero-order chi connectivity index (χ0) is 29.8. The van der Waals surface area contributed by atoms with Crippen molar-refractivity contribution in [1.29, 1.82) is 0 Å². The SMILES string of the molecule is CC(C)(C)[Si](O[C@H]1[C@@H]2ON3C[C@H]1O[C@H]2N1C(=O)C(COCc2ccccc2)C(=O)C[C@H]31)(c1ccccc1)c1ccccc1. The number of hydrogen-bond acceptors (Lipinski definition) is 7. The number of amides is 1. The van der Waals surface area contributed by atoms with Gasteiger partial charge < -0.3 is 13.9 Å². The van der Waals surface area contributed by atoms with E-state index in [1.165, 1.54) is 10.4 Å². The zero-order valence-corrected chi connectivity index (χ0v) is 25.8. The van der Waals surface area contributed by atoms with Crippen molar-refractivity contribution in [3.05, 3.63) is 96.6 Å². The summed E-state index contributed by atoms with van der Waals surface area (Å²) in [7, 11) is -2.90. The van der Waals surface area contributed by atoms with Crippen LogP contribution in [-0.2, 0) is 34.9 Å². The monoisotopic (exact) mass is 598 g/mol. The van der Waals surface area contributed by atoms with Crippen molar-refractivity contribution in [2.24, 2.45) is 5.92 Å². The highest BCUT2D eigenvalue weighted by Gasteiger charge is 2.66. The van der Waals surface area contributed by atoms with E-state index in [4.69, 9.17) is 18.7 Å². The Balaban J connectivity index is 1.17. The number of benzene rings is 3. The molecule has 224 valence electrons. The van der Waals surface area contributed by atoms with Gasteiger partial charge in [-0.2, -0.15) is 5.06 Å². The molecule has 4 saturated heterocycles. The normalized spacial score (nSPS) is 30.0. The van der Waals surface area contributed by atoms with Crippen molar-refractivity contribution in [2.45, 2.75) is 69.5 Å². The number of ether oxygens (including phenoxy) is 2. The van der Waals surface area contributed by atoms with Gasteiger partial charge in [0.2, 0.25) is 5.91 Å². The topological polar surface area (TPSA) is 77.5 Å². The molecule has 0 radical (unpaired) electrons. The lowest BCUT2D eigenvalue weighted by atomic mass is 9.91. The molecule has 2 unspecified atom stereocenters. The molecule has 4 fully saturated rings. The molecule has 3 bridgehead atoms. The number of rotatable bonds is 8. The van der Waals surface area contributed by atoms with E-state index in [1.54, 1.807) is 9.96 Å². The maximum absolute atomic E-state index is 13.9. The molecular formula is C34H38N2O6Si. The van der Waals surface area contributed by atoms with Gasteiger partial charge in [-0.15, -0.1) is 0 Å². The first-order chi connectivity index (χ1) is 20.8. The van der Waals surface area contributed by atoms with Crippen LogP contribution in [0.15, 0.2) is 91.0 Å². The van der Waals surface area contributed by atoms with Gasteiger partial charge >= 0.3 is 0 Å². The van der Waals surface area contributed by atoms with Gasteiger partial charge in [-0.25, -0.2) is 0 Å². The summed E-state index contributed by atoms with van der Waals surface area (Å²) in [5, 5.41) is 3.92. The summed E-state index contributed by atoms with van der Waals surface area (Å²) in [4.78, 5) is 35.4. The van der Waals surface area contributed by atoms with Crippen LogP contribution in [0.1, 0.15) is 32.8 Å². The minimum Gasteiger partial charge on any atom is -0.399 e. The van der Waals surface area contributed by atoms with Crippen molar-refractivity contribution in [3.8, 4) is 0 Å². The number of Topliss-reactive ketones (excluding diaryl/α,β-unsaturated/α-hetero) is 1. The molecule has 4 heterocycles. The number of piperidine rings is 1. The number of hydrogen-bond donors (Lipinski definition) is 0. The molecule has 4 aliphatic rings. The predicted molar refractivity (Wildman–Crippen MR) is 163 cm³/mol. The molecule has 0 spiro atoms. The molecule has 3 aromatic rings. The highest BCUT2D eigenvalue weighted by molar-refractivity contribution is 6.99. The second kappa shape index (κ2) is 11.1. The molecule has 0 saturated carbocycles. The second-order valence-corrected chi connectivity index (χ2v) is 17.2. The van der Waals surface area contributed by atoms with Crippen LogP contribution < -0.4 is 10.4 Å². The summed E-state index contributed by atoms with van der Waals surface area (Å²) in [5.41, 5.74) is 0.997. The van der Waals surface area contributed by atoms with Crippen molar-refractivity contribution >= 4 is 30.4 Å². The van der Waals surface area contributed by atoms with E-state index in [0.29, 0.717) is 13.2 Å². The average Bonchev–Trinajstić information content (AvgIpc) is 3.13. The fourth-order valence-electron chi connectivity index (χ4n) is 7.25. The fraction of sp³-hybridized carbons (Fsp3) is 0.412. The summed E-state index contributed by atoms with van der Waals surface area (Å²) in [5.74, 6) is -1.24. The summed E-state index contributed by atoms with van der Waals surface area (Å²) in [6, 6.07) is 30.8. The number of carbonyl (C=O) groups excluding carboxylic acids is 2. The first kappa shape index (κ1) is 28.6. The van der Waals surface area contributed by atoms with Gasteiger partial charge in [0, 0.05) is 6.42 Å². The first-order valence-corrected chi connectivity index (χ1v) is 17.0. The maximum Gasteiger partial charge on any atom is 0.261 e. The standard InChI is InChI=1S/C34H38N2O6Si/c1-34(2,3)43(24-15-9-5-10-16-24,25-17-11-6-12-18-25)42-30-28-20-35-29-19-27(37)26(22-39-21-23-13-7-4-8-14-23)32(38)36(29)33(40-28)31(30)41-35/h4-18,26,28-31,33H,19-22H2,1-3H3/t26?,28-,29-,30-,31+,33-/m1/s1. The highest BCUT2D eigenvalue weighted by Crippen LogP contribution is 2.46. The summed E-state index contributed by atoms with van der Waals surface area (Å²) < 4.78 is 19.9. The highest BCUT2D eigenvalue weighted by atomic mass is 28.4. The minimum atomic E-state index is -2.90.